The van der Waals surface area contributed by atoms with Gasteiger partial charge in [-0.3, -0.25) is 0 Å². The summed E-state index contributed by atoms with van der Waals surface area (Å²) in [6.45, 7) is 0.949. The zero-order valence-corrected chi connectivity index (χ0v) is 8.54. The largest absolute Gasteiger partial charge is 0.508 e. The van der Waals surface area contributed by atoms with E-state index < -0.39 is 5.54 Å². The molecule has 0 atom stereocenters. The molecule has 0 aliphatic carbocycles. The lowest BCUT2D eigenvalue weighted by molar-refractivity contribution is -0.0578. The van der Waals surface area contributed by atoms with Gasteiger partial charge >= 0.3 is 0 Å². The van der Waals surface area contributed by atoms with Gasteiger partial charge in [-0.2, -0.15) is 0 Å². The minimum atomic E-state index is -0.495. The molecule has 0 unspecified atom stereocenters. The van der Waals surface area contributed by atoms with Gasteiger partial charge in [0.25, 0.3) is 0 Å². The maximum atomic E-state index is 9.63. The number of aromatic hydroxyl groups is 1. The summed E-state index contributed by atoms with van der Waals surface area (Å²) in [5, 5.41) is 9.63. The monoisotopic (exact) mass is 243 g/mol. The first-order valence-electron chi connectivity index (χ1n) is 3.97. The second-order valence-electron chi connectivity index (χ2n) is 3.31. The number of halogens is 1. The first-order chi connectivity index (χ1) is 6.12. The Balaban J connectivity index is 2.40. The molecule has 0 bridgehead atoms. The molecule has 1 heterocycles. The van der Waals surface area contributed by atoms with Gasteiger partial charge in [-0.05, 0) is 12.1 Å². The number of hydrogen-bond donors (Lipinski definition) is 2. The molecule has 1 aliphatic rings. The van der Waals surface area contributed by atoms with Crippen LogP contribution in [0.1, 0.15) is 5.56 Å². The molecule has 0 aromatic heterocycles. The van der Waals surface area contributed by atoms with Gasteiger partial charge in [0.1, 0.15) is 5.75 Å². The standard InChI is InChI=1S/C9H10BrNO2/c10-6-1-2-7(8(12)3-6)9(11)4-13-5-9/h1-3,12H,4-5,11H2. The third-order valence-corrected chi connectivity index (χ3v) is 2.71. The van der Waals surface area contributed by atoms with Crippen molar-refractivity contribution in [2.45, 2.75) is 5.54 Å². The number of phenols is 1. The first kappa shape index (κ1) is 8.99. The third kappa shape index (κ3) is 1.45. The highest BCUT2D eigenvalue weighted by Crippen LogP contribution is 2.34. The van der Waals surface area contributed by atoms with Gasteiger partial charge in [0.15, 0.2) is 0 Å². The first-order valence-corrected chi connectivity index (χ1v) is 4.77. The lowest BCUT2D eigenvalue weighted by Gasteiger charge is -2.38. The molecule has 0 spiro atoms. The van der Waals surface area contributed by atoms with E-state index in [9.17, 15) is 5.11 Å². The van der Waals surface area contributed by atoms with E-state index in [2.05, 4.69) is 15.9 Å². The van der Waals surface area contributed by atoms with Crippen molar-refractivity contribution < 1.29 is 9.84 Å². The molecule has 1 aromatic rings. The van der Waals surface area contributed by atoms with Crippen molar-refractivity contribution >= 4 is 15.9 Å². The van der Waals surface area contributed by atoms with Gasteiger partial charge in [-0.1, -0.05) is 22.0 Å². The predicted octanol–water partition coefficient (Wildman–Crippen LogP) is 1.34. The summed E-state index contributed by atoms with van der Waals surface area (Å²) in [5.41, 5.74) is 6.23. The van der Waals surface area contributed by atoms with Crippen LogP contribution in [0.2, 0.25) is 0 Å². The average Bonchev–Trinajstić information content (AvgIpc) is 2.00. The number of benzene rings is 1. The Kier molecular flexibility index (Phi) is 2.06. The van der Waals surface area contributed by atoms with Crippen molar-refractivity contribution in [1.82, 2.24) is 0 Å². The van der Waals surface area contributed by atoms with Crippen LogP contribution in [0.4, 0.5) is 0 Å². The van der Waals surface area contributed by atoms with E-state index in [-0.39, 0.29) is 5.75 Å². The van der Waals surface area contributed by atoms with Crippen LogP contribution in [0.5, 0.6) is 5.75 Å². The predicted molar refractivity (Wildman–Crippen MR) is 52.5 cm³/mol. The van der Waals surface area contributed by atoms with Crippen molar-refractivity contribution in [3.8, 4) is 5.75 Å². The van der Waals surface area contributed by atoms with Crippen LogP contribution in [0, 0.1) is 0 Å². The van der Waals surface area contributed by atoms with E-state index in [1.54, 1.807) is 6.07 Å². The number of ether oxygens (including phenoxy) is 1. The summed E-state index contributed by atoms with van der Waals surface area (Å²) in [4.78, 5) is 0. The molecular weight excluding hydrogens is 234 g/mol. The fourth-order valence-electron chi connectivity index (χ4n) is 1.40. The Morgan fingerprint density at radius 2 is 2.15 bits per heavy atom. The van der Waals surface area contributed by atoms with Crippen LogP contribution in [-0.4, -0.2) is 18.3 Å². The molecule has 13 heavy (non-hydrogen) atoms. The zero-order valence-electron chi connectivity index (χ0n) is 6.96. The molecule has 1 saturated heterocycles. The molecule has 4 heteroatoms. The third-order valence-electron chi connectivity index (χ3n) is 2.22. The molecule has 0 amide bonds. The normalized spacial score (nSPS) is 19.5. The highest BCUT2D eigenvalue weighted by molar-refractivity contribution is 9.10. The number of hydrogen-bond acceptors (Lipinski definition) is 3. The zero-order chi connectivity index (χ0) is 9.47. The van der Waals surface area contributed by atoms with Crippen molar-refractivity contribution in [3.05, 3.63) is 28.2 Å². The number of phenolic OH excluding ortho intramolecular Hbond substituents is 1. The molecule has 0 saturated carbocycles. The minimum Gasteiger partial charge on any atom is -0.508 e. The number of rotatable bonds is 1. The quantitative estimate of drug-likeness (QED) is 0.783. The summed E-state index contributed by atoms with van der Waals surface area (Å²) in [7, 11) is 0. The van der Waals surface area contributed by atoms with Gasteiger partial charge in [0.05, 0.1) is 18.8 Å². The maximum Gasteiger partial charge on any atom is 0.121 e. The summed E-state index contributed by atoms with van der Waals surface area (Å²) in [6.07, 6.45) is 0. The smallest absolute Gasteiger partial charge is 0.121 e. The van der Waals surface area contributed by atoms with Crippen LogP contribution >= 0.6 is 15.9 Å². The van der Waals surface area contributed by atoms with Crippen molar-refractivity contribution in [1.29, 1.82) is 0 Å². The Labute approximate surface area is 84.6 Å². The Bertz CT molecular complexity index is 336. The Hall–Kier alpha value is -0.580. The number of nitrogens with two attached hydrogens (primary N) is 1. The van der Waals surface area contributed by atoms with Crippen molar-refractivity contribution in [2.75, 3.05) is 13.2 Å². The van der Waals surface area contributed by atoms with E-state index in [1.807, 2.05) is 12.1 Å². The molecule has 0 radical (unpaired) electrons. The molecule has 1 fully saturated rings. The molecular formula is C9H10BrNO2. The molecule has 1 aromatic carbocycles. The fraction of sp³-hybridized carbons (Fsp3) is 0.333. The van der Waals surface area contributed by atoms with Crippen LogP contribution in [0.15, 0.2) is 22.7 Å². The topological polar surface area (TPSA) is 55.5 Å². The van der Waals surface area contributed by atoms with E-state index in [4.69, 9.17) is 10.5 Å². The maximum absolute atomic E-state index is 9.63. The van der Waals surface area contributed by atoms with E-state index in [1.165, 1.54) is 0 Å². The van der Waals surface area contributed by atoms with Gasteiger partial charge in [0, 0.05) is 10.0 Å². The van der Waals surface area contributed by atoms with Gasteiger partial charge in [0.2, 0.25) is 0 Å². The molecule has 70 valence electrons. The lowest BCUT2D eigenvalue weighted by Crippen LogP contribution is -2.54. The van der Waals surface area contributed by atoms with E-state index >= 15 is 0 Å². The van der Waals surface area contributed by atoms with Gasteiger partial charge in [-0.15, -0.1) is 0 Å². The summed E-state index contributed by atoms with van der Waals surface area (Å²) >= 11 is 3.27. The molecule has 3 nitrogen and oxygen atoms in total. The van der Waals surface area contributed by atoms with Crippen LogP contribution in [-0.2, 0) is 10.3 Å². The van der Waals surface area contributed by atoms with Crippen LogP contribution in [0.25, 0.3) is 0 Å². The molecule has 2 rings (SSSR count). The molecule has 1 aliphatic heterocycles. The van der Waals surface area contributed by atoms with Gasteiger partial charge in [-0.25, -0.2) is 0 Å². The SMILES string of the molecule is NC1(c2ccc(Br)cc2O)COC1. The van der Waals surface area contributed by atoms with E-state index in [0.29, 0.717) is 13.2 Å². The summed E-state index contributed by atoms with van der Waals surface area (Å²) in [5.74, 6) is 0.222. The van der Waals surface area contributed by atoms with Crippen molar-refractivity contribution in [2.24, 2.45) is 5.73 Å². The van der Waals surface area contributed by atoms with Crippen LogP contribution < -0.4 is 5.73 Å². The lowest BCUT2D eigenvalue weighted by atomic mass is 9.89. The minimum absolute atomic E-state index is 0.222. The average molecular weight is 244 g/mol. The molecule has 3 N–H and O–H groups in total. The second kappa shape index (κ2) is 2.97. The Morgan fingerprint density at radius 3 is 2.62 bits per heavy atom. The second-order valence-corrected chi connectivity index (χ2v) is 4.23. The van der Waals surface area contributed by atoms with E-state index in [0.717, 1.165) is 10.0 Å². The van der Waals surface area contributed by atoms with Crippen molar-refractivity contribution in [3.63, 3.8) is 0 Å². The highest BCUT2D eigenvalue weighted by Gasteiger charge is 2.37. The summed E-state index contributed by atoms with van der Waals surface area (Å²) < 4.78 is 5.87. The Morgan fingerprint density at radius 1 is 1.46 bits per heavy atom. The van der Waals surface area contributed by atoms with Gasteiger partial charge < -0.3 is 15.6 Å². The fourth-order valence-corrected chi connectivity index (χ4v) is 1.75. The van der Waals surface area contributed by atoms with Crippen LogP contribution in [0.3, 0.4) is 0 Å². The summed E-state index contributed by atoms with van der Waals surface area (Å²) in [6, 6.07) is 5.33. The highest BCUT2D eigenvalue weighted by atomic mass is 79.9.